The average molecular weight is 410 g/mol. The maximum atomic E-state index is 12.7. The minimum atomic E-state index is -0.994. The largest absolute Gasteiger partial charge is 0.497 e. The number of carboxylic acids is 1. The molecule has 0 aliphatic rings. The number of thiophene rings is 1. The van der Waals surface area contributed by atoms with Crippen molar-refractivity contribution in [2.75, 3.05) is 12.4 Å². The molecule has 2 aromatic carbocycles. The van der Waals surface area contributed by atoms with Gasteiger partial charge < -0.3 is 20.5 Å². The summed E-state index contributed by atoms with van der Waals surface area (Å²) in [7, 11) is 1.54. The number of carbonyl (C=O) groups excluding carboxylic acids is 1. The van der Waals surface area contributed by atoms with Gasteiger partial charge in [0.15, 0.2) is 0 Å². The van der Waals surface area contributed by atoms with Crippen LogP contribution in [0.1, 0.15) is 33.9 Å². The van der Waals surface area contributed by atoms with Gasteiger partial charge in [0.2, 0.25) is 0 Å². The number of hydrogen-bond acceptors (Lipinski definition) is 5. The molecule has 1 aromatic heterocycles. The van der Waals surface area contributed by atoms with E-state index in [2.05, 4.69) is 22.1 Å². The Morgan fingerprint density at radius 2 is 1.93 bits per heavy atom. The van der Waals surface area contributed by atoms with Crippen LogP contribution < -0.4 is 15.4 Å². The highest BCUT2D eigenvalue weighted by Gasteiger charge is 2.19. The number of carbonyl (C=O) groups is 2. The van der Waals surface area contributed by atoms with Crippen molar-refractivity contribution in [3.05, 3.63) is 82.0 Å². The Labute approximate surface area is 173 Å². The topological polar surface area (TPSA) is 87.7 Å². The van der Waals surface area contributed by atoms with Crippen molar-refractivity contribution >= 4 is 28.9 Å². The first-order valence-electron chi connectivity index (χ1n) is 9.07. The number of ether oxygens (including phenoxy) is 1. The molecule has 6 nitrogen and oxygen atoms in total. The molecule has 0 spiro atoms. The third-order valence-electron chi connectivity index (χ3n) is 4.40. The quantitative estimate of drug-likeness (QED) is 0.489. The lowest BCUT2D eigenvalue weighted by atomic mass is 10.0. The van der Waals surface area contributed by atoms with Crippen LogP contribution in [0.4, 0.5) is 5.69 Å². The van der Waals surface area contributed by atoms with E-state index in [1.54, 1.807) is 47.7 Å². The predicted molar refractivity (Wildman–Crippen MR) is 114 cm³/mol. The number of carboxylic acid groups (broad SMARTS) is 1. The Kier molecular flexibility index (Phi) is 6.86. The van der Waals surface area contributed by atoms with E-state index in [9.17, 15) is 14.7 Å². The third kappa shape index (κ3) is 5.83. The summed E-state index contributed by atoms with van der Waals surface area (Å²) < 4.78 is 5.20. The minimum absolute atomic E-state index is 0.223. The zero-order valence-corrected chi connectivity index (χ0v) is 16.7. The molecule has 1 unspecified atom stereocenters. The van der Waals surface area contributed by atoms with Crippen LogP contribution in [0.3, 0.4) is 0 Å². The maximum Gasteiger partial charge on any atom is 0.305 e. The molecule has 0 aliphatic heterocycles. The van der Waals surface area contributed by atoms with Gasteiger partial charge in [-0.05, 0) is 64.4 Å². The van der Waals surface area contributed by atoms with Crippen molar-refractivity contribution in [1.29, 1.82) is 0 Å². The molecule has 0 radical (unpaired) electrons. The Hall–Kier alpha value is -3.32. The molecule has 0 aliphatic carbocycles. The summed E-state index contributed by atoms with van der Waals surface area (Å²) in [6, 6.07) is 15.5. The molecular weight excluding hydrogens is 388 g/mol. The van der Waals surface area contributed by atoms with E-state index in [1.807, 2.05) is 17.5 Å². The second-order valence-electron chi connectivity index (χ2n) is 6.46. The van der Waals surface area contributed by atoms with Gasteiger partial charge >= 0.3 is 5.97 Å². The van der Waals surface area contributed by atoms with E-state index in [0.717, 1.165) is 5.69 Å². The molecule has 3 N–H and O–H groups in total. The first kappa shape index (κ1) is 20.4. The average Bonchev–Trinajstić information content (AvgIpc) is 3.25. The number of methoxy groups -OCH3 is 1. The van der Waals surface area contributed by atoms with Gasteiger partial charge in [0, 0.05) is 17.8 Å². The summed E-state index contributed by atoms with van der Waals surface area (Å²) in [5.74, 6) is -0.720. The first-order chi connectivity index (χ1) is 14.0. The zero-order chi connectivity index (χ0) is 20.6. The standard InChI is InChI=1S/C22H22N2O4S/c1-28-19-4-2-3-17(11-19)20(12-21(25)26)24-22(27)16-5-7-18(8-6-16)23-13-15-9-10-29-14-15/h2-11,14,20,23H,12-13H2,1H3,(H,24,27)(H,25,26). The Balaban J connectivity index is 1.67. The molecule has 3 aromatic rings. The second kappa shape index (κ2) is 9.75. The van der Waals surface area contributed by atoms with E-state index in [1.165, 1.54) is 12.7 Å². The van der Waals surface area contributed by atoms with Crippen LogP contribution in [0.5, 0.6) is 5.75 Å². The van der Waals surface area contributed by atoms with Gasteiger partial charge in [0.1, 0.15) is 5.75 Å². The molecule has 0 bridgehead atoms. The zero-order valence-electron chi connectivity index (χ0n) is 15.9. The number of anilines is 1. The Morgan fingerprint density at radius 1 is 1.14 bits per heavy atom. The maximum absolute atomic E-state index is 12.7. The summed E-state index contributed by atoms with van der Waals surface area (Å²) in [4.78, 5) is 23.9. The SMILES string of the molecule is COc1cccc(C(CC(=O)O)NC(=O)c2ccc(NCc3ccsc3)cc2)c1. The van der Waals surface area contributed by atoms with Gasteiger partial charge in [-0.25, -0.2) is 0 Å². The highest BCUT2D eigenvalue weighted by Crippen LogP contribution is 2.22. The van der Waals surface area contributed by atoms with E-state index in [4.69, 9.17) is 4.74 Å². The van der Waals surface area contributed by atoms with Gasteiger partial charge in [-0.3, -0.25) is 9.59 Å². The van der Waals surface area contributed by atoms with Crippen LogP contribution in [0.15, 0.2) is 65.4 Å². The summed E-state index contributed by atoms with van der Waals surface area (Å²) in [5, 5.41) is 19.5. The molecule has 1 heterocycles. The van der Waals surface area contributed by atoms with Crippen LogP contribution in [-0.2, 0) is 11.3 Å². The van der Waals surface area contributed by atoms with Crippen LogP contribution in [-0.4, -0.2) is 24.1 Å². The molecular formula is C22H22N2O4S. The van der Waals surface area contributed by atoms with Crippen molar-refractivity contribution in [3.8, 4) is 5.75 Å². The molecule has 0 saturated heterocycles. The molecule has 0 fully saturated rings. The van der Waals surface area contributed by atoms with Gasteiger partial charge in [0.05, 0.1) is 19.6 Å². The van der Waals surface area contributed by atoms with E-state index < -0.39 is 12.0 Å². The van der Waals surface area contributed by atoms with E-state index in [-0.39, 0.29) is 12.3 Å². The fourth-order valence-corrected chi connectivity index (χ4v) is 3.53. The van der Waals surface area contributed by atoms with Crippen molar-refractivity contribution in [2.45, 2.75) is 19.0 Å². The minimum Gasteiger partial charge on any atom is -0.497 e. The molecule has 1 atom stereocenters. The van der Waals surface area contributed by atoms with Crippen molar-refractivity contribution in [3.63, 3.8) is 0 Å². The fourth-order valence-electron chi connectivity index (χ4n) is 2.86. The van der Waals surface area contributed by atoms with Crippen LogP contribution in [0.2, 0.25) is 0 Å². The molecule has 0 saturated carbocycles. The third-order valence-corrected chi connectivity index (χ3v) is 5.14. The van der Waals surface area contributed by atoms with Crippen LogP contribution >= 0.6 is 11.3 Å². The molecule has 3 rings (SSSR count). The molecule has 29 heavy (non-hydrogen) atoms. The number of amides is 1. The monoisotopic (exact) mass is 410 g/mol. The fraction of sp³-hybridized carbons (Fsp3) is 0.182. The lowest BCUT2D eigenvalue weighted by Gasteiger charge is -2.18. The van der Waals surface area contributed by atoms with Crippen LogP contribution in [0, 0.1) is 0 Å². The van der Waals surface area contributed by atoms with E-state index >= 15 is 0 Å². The summed E-state index contributed by atoms with van der Waals surface area (Å²) in [5.41, 5.74) is 3.24. The normalized spacial score (nSPS) is 11.5. The smallest absolute Gasteiger partial charge is 0.305 e. The number of aliphatic carboxylic acids is 1. The van der Waals surface area contributed by atoms with E-state index in [0.29, 0.717) is 23.4 Å². The first-order valence-corrected chi connectivity index (χ1v) is 10.0. The van der Waals surface area contributed by atoms with Crippen molar-refractivity contribution in [1.82, 2.24) is 5.32 Å². The van der Waals surface area contributed by atoms with Crippen molar-refractivity contribution in [2.24, 2.45) is 0 Å². The summed E-state index contributed by atoms with van der Waals surface area (Å²) >= 11 is 1.65. The van der Waals surface area contributed by atoms with Gasteiger partial charge in [-0.2, -0.15) is 11.3 Å². The number of benzene rings is 2. The lowest BCUT2D eigenvalue weighted by Crippen LogP contribution is -2.30. The summed E-state index contributed by atoms with van der Waals surface area (Å²) in [6.45, 7) is 0.714. The highest BCUT2D eigenvalue weighted by molar-refractivity contribution is 7.07. The highest BCUT2D eigenvalue weighted by atomic mass is 32.1. The Morgan fingerprint density at radius 3 is 2.59 bits per heavy atom. The van der Waals surface area contributed by atoms with Crippen LogP contribution in [0.25, 0.3) is 0 Å². The number of nitrogens with one attached hydrogen (secondary N) is 2. The van der Waals surface area contributed by atoms with Crippen molar-refractivity contribution < 1.29 is 19.4 Å². The molecule has 150 valence electrons. The lowest BCUT2D eigenvalue weighted by molar-refractivity contribution is -0.137. The summed E-state index contributed by atoms with van der Waals surface area (Å²) in [6.07, 6.45) is -0.223. The molecule has 1 amide bonds. The second-order valence-corrected chi connectivity index (χ2v) is 7.24. The van der Waals surface area contributed by atoms with Gasteiger partial charge in [0.25, 0.3) is 5.91 Å². The molecule has 7 heteroatoms. The number of rotatable bonds is 9. The number of hydrogen-bond donors (Lipinski definition) is 3. The Bertz CT molecular complexity index is 955. The van der Waals surface area contributed by atoms with Gasteiger partial charge in [-0.15, -0.1) is 0 Å². The predicted octanol–water partition coefficient (Wildman–Crippen LogP) is 4.31. The van der Waals surface area contributed by atoms with Gasteiger partial charge in [-0.1, -0.05) is 12.1 Å².